The summed E-state index contributed by atoms with van der Waals surface area (Å²) in [5, 5.41) is 2.60. The normalized spacial score (nSPS) is 16.6. The summed E-state index contributed by atoms with van der Waals surface area (Å²) in [6.45, 7) is 5.66. The van der Waals surface area contributed by atoms with Gasteiger partial charge in [0.25, 0.3) is 5.91 Å². The molecule has 1 aliphatic rings. The van der Waals surface area contributed by atoms with E-state index in [1.54, 1.807) is 19.1 Å². The van der Waals surface area contributed by atoms with Crippen LogP contribution in [0.15, 0.2) is 33.5 Å². The van der Waals surface area contributed by atoms with Gasteiger partial charge in [0.15, 0.2) is 11.5 Å². The van der Waals surface area contributed by atoms with Gasteiger partial charge in [0.1, 0.15) is 16.9 Å². The molecule has 1 N–H and O–H groups in total. The average molecular weight is 649 g/mol. The first-order chi connectivity index (χ1) is 21.8. The van der Waals surface area contributed by atoms with Gasteiger partial charge in [0, 0.05) is 23.6 Å². The first-order valence-electron chi connectivity index (χ1n) is 15.1. The highest BCUT2D eigenvalue weighted by atomic mass is 19.4. The van der Waals surface area contributed by atoms with Crippen molar-refractivity contribution in [2.45, 2.75) is 71.0 Å². The maximum atomic E-state index is 13.9. The van der Waals surface area contributed by atoms with E-state index in [-0.39, 0.29) is 24.1 Å². The standard InChI is InChI=1S/C33H39F3N2O8/c1-7-11-19-15-22-23(33(34,35)36)18-26(39)46-28(22)21(12-8-2)27(19)45-14-10-9-13-38-30(40)32(3,37-31(38)41)20-16-24(42-4)29(44-6)25(17-20)43-5/h15-18H,7-14H2,1-6H3,(H,37,41). The molecule has 0 bridgehead atoms. The van der Waals surface area contributed by atoms with Gasteiger partial charge in [-0.25, -0.2) is 9.59 Å². The highest BCUT2D eigenvalue weighted by molar-refractivity contribution is 6.07. The number of hydrogen-bond acceptors (Lipinski definition) is 8. The number of imide groups is 1. The molecule has 3 amide bonds. The molecule has 1 aromatic heterocycles. The number of nitrogens with zero attached hydrogens (tertiary/aromatic N) is 1. The average Bonchev–Trinajstić information content (AvgIpc) is 3.24. The molecule has 0 spiro atoms. The van der Waals surface area contributed by atoms with Crippen molar-refractivity contribution in [3.8, 4) is 23.0 Å². The predicted molar refractivity (Wildman–Crippen MR) is 164 cm³/mol. The number of halogens is 3. The molecule has 1 saturated heterocycles. The molecule has 0 aliphatic carbocycles. The van der Waals surface area contributed by atoms with E-state index in [1.807, 2.05) is 13.8 Å². The lowest BCUT2D eigenvalue weighted by Gasteiger charge is -2.24. The lowest BCUT2D eigenvalue weighted by Crippen LogP contribution is -2.41. The fourth-order valence-electron chi connectivity index (χ4n) is 5.77. The van der Waals surface area contributed by atoms with Crippen LogP contribution >= 0.6 is 0 Å². The number of alkyl halides is 3. The molecule has 4 rings (SSSR count). The molecule has 2 aromatic carbocycles. The Kier molecular flexibility index (Phi) is 10.4. The van der Waals surface area contributed by atoms with E-state index in [0.29, 0.717) is 84.3 Å². The van der Waals surface area contributed by atoms with Gasteiger partial charge in [-0.15, -0.1) is 0 Å². The number of carbonyl (C=O) groups is 2. The largest absolute Gasteiger partial charge is 0.493 e. The maximum absolute atomic E-state index is 13.9. The van der Waals surface area contributed by atoms with Crippen LogP contribution in [0.2, 0.25) is 0 Å². The van der Waals surface area contributed by atoms with Crippen molar-refractivity contribution in [3.05, 3.63) is 56.9 Å². The number of carbonyl (C=O) groups excluding carboxylic acids is 2. The minimum Gasteiger partial charge on any atom is -0.493 e. The summed E-state index contributed by atoms with van der Waals surface area (Å²) in [6, 6.07) is 4.56. The predicted octanol–water partition coefficient (Wildman–Crippen LogP) is 6.37. The number of rotatable bonds is 14. The van der Waals surface area contributed by atoms with Crippen molar-refractivity contribution in [2.24, 2.45) is 0 Å². The molecule has 1 unspecified atom stereocenters. The Morgan fingerprint density at radius 1 is 0.891 bits per heavy atom. The van der Waals surface area contributed by atoms with Crippen LogP contribution in [0.5, 0.6) is 23.0 Å². The molecule has 3 aromatic rings. The Morgan fingerprint density at radius 3 is 2.11 bits per heavy atom. The molecule has 46 heavy (non-hydrogen) atoms. The zero-order valence-corrected chi connectivity index (χ0v) is 26.8. The molecule has 1 aliphatic heterocycles. The van der Waals surface area contributed by atoms with E-state index in [1.165, 1.54) is 27.4 Å². The Balaban J connectivity index is 1.52. The van der Waals surface area contributed by atoms with E-state index in [2.05, 4.69) is 5.32 Å². The summed E-state index contributed by atoms with van der Waals surface area (Å²) < 4.78 is 69.3. The molecule has 0 saturated carbocycles. The lowest BCUT2D eigenvalue weighted by molar-refractivity contribution is -0.136. The Labute approximate surface area is 264 Å². The van der Waals surface area contributed by atoms with Gasteiger partial charge < -0.3 is 28.7 Å². The van der Waals surface area contributed by atoms with Crippen LogP contribution in [-0.4, -0.2) is 51.3 Å². The number of benzene rings is 2. The number of ether oxygens (including phenoxy) is 4. The third-order valence-corrected chi connectivity index (χ3v) is 8.02. The number of methoxy groups -OCH3 is 3. The first kappa shape index (κ1) is 34.5. The van der Waals surface area contributed by atoms with Crippen LogP contribution in [0.25, 0.3) is 11.0 Å². The van der Waals surface area contributed by atoms with E-state index < -0.39 is 34.8 Å². The van der Waals surface area contributed by atoms with Gasteiger partial charge in [-0.1, -0.05) is 26.7 Å². The van der Waals surface area contributed by atoms with Gasteiger partial charge in [0.05, 0.1) is 33.5 Å². The molecule has 13 heteroatoms. The summed E-state index contributed by atoms with van der Waals surface area (Å²) in [4.78, 5) is 39.8. The third-order valence-electron chi connectivity index (χ3n) is 8.02. The number of nitrogens with one attached hydrogen (secondary N) is 1. The van der Waals surface area contributed by atoms with Crippen LogP contribution in [0.3, 0.4) is 0 Å². The van der Waals surface area contributed by atoms with Crippen molar-refractivity contribution >= 4 is 22.9 Å². The third kappa shape index (κ3) is 6.59. The number of aryl methyl sites for hydroxylation is 2. The monoisotopic (exact) mass is 648 g/mol. The first-order valence-corrected chi connectivity index (χ1v) is 15.1. The van der Waals surface area contributed by atoms with Crippen LogP contribution < -0.4 is 29.9 Å². The fraction of sp³-hybridized carbons (Fsp3) is 0.485. The van der Waals surface area contributed by atoms with Gasteiger partial charge in [-0.05, 0) is 61.9 Å². The summed E-state index contributed by atoms with van der Waals surface area (Å²) in [5.74, 6) is 0.979. The summed E-state index contributed by atoms with van der Waals surface area (Å²) in [5.41, 5.74) is -2.16. The summed E-state index contributed by atoms with van der Waals surface area (Å²) >= 11 is 0. The van der Waals surface area contributed by atoms with Crippen molar-refractivity contribution < 1.29 is 46.1 Å². The SMILES string of the molecule is CCCc1cc2c(C(F)(F)F)cc(=O)oc2c(CCC)c1OCCCCN1C(=O)NC(C)(c2cc(OC)c(OC)c(OC)c2)C1=O. The number of urea groups is 1. The maximum Gasteiger partial charge on any atom is 0.417 e. The van der Waals surface area contributed by atoms with Crippen molar-refractivity contribution in [3.63, 3.8) is 0 Å². The Hall–Kier alpha value is -4.42. The second-order valence-electron chi connectivity index (χ2n) is 11.2. The fourth-order valence-corrected chi connectivity index (χ4v) is 5.77. The van der Waals surface area contributed by atoms with E-state index in [9.17, 15) is 27.6 Å². The van der Waals surface area contributed by atoms with Gasteiger partial charge >= 0.3 is 17.8 Å². The molecule has 1 atom stereocenters. The number of amides is 3. The number of fused-ring (bicyclic) bond motifs is 1. The van der Waals surface area contributed by atoms with E-state index >= 15 is 0 Å². The lowest BCUT2D eigenvalue weighted by atomic mass is 9.91. The zero-order chi connectivity index (χ0) is 33.8. The molecular weight excluding hydrogens is 609 g/mol. The van der Waals surface area contributed by atoms with Crippen molar-refractivity contribution in [1.29, 1.82) is 0 Å². The topological polar surface area (TPSA) is 117 Å². The summed E-state index contributed by atoms with van der Waals surface area (Å²) in [6.07, 6.45) is -1.86. The highest BCUT2D eigenvalue weighted by Gasteiger charge is 2.49. The quantitative estimate of drug-likeness (QED) is 0.122. The molecule has 250 valence electrons. The second kappa shape index (κ2) is 13.9. The number of unbranched alkanes of at least 4 members (excludes halogenated alkanes) is 1. The molecule has 0 radical (unpaired) electrons. The molecular formula is C33H39F3N2O8. The molecule has 10 nitrogen and oxygen atoms in total. The Bertz CT molecular complexity index is 1640. The highest BCUT2D eigenvalue weighted by Crippen LogP contribution is 2.43. The number of hydrogen-bond donors (Lipinski definition) is 1. The van der Waals surface area contributed by atoms with Crippen LogP contribution in [0.4, 0.5) is 18.0 Å². The second-order valence-corrected chi connectivity index (χ2v) is 11.2. The van der Waals surface area contributed by atoms with E-state index in [4.69, 9.17) is 23.4 Å². The van der Waals surface area contributed by atoms with Crippen LogP contribution in [0, 0.1) is 0 Å². The minimum atomic E-state index is -4.73. The Morgan fingerprint density at radius 2 is 1.54 bits per heavy atom. The van der Waals surface area contributed by atoms with Gasteiger partial charge in [0.2, 0.25) is 5.75 Å². The minimum absolute atomic E-state index is 0.110. The summed E-state index contributed by atoms with van der Waals surface area (Å²) in [7, 11) is 4.37. The van der Waals surface area contributed by atoms with Crippen molar-refractivity contribution in [1.82, 2.24) is 10.2 Å². The molecule has 1 fully saturated rings. The van der Waals surface area contributed by atoms with E-state index in [0.717, 1.165) is 4.90 Å². The van der Waals surface area contributed by atoms with Gasteiger partial charge in [-0.2, -0.15) is 13.2 Å². The molecule has 2 heterocycles. The van der Waals surface area contributed by atoms with Gasteiger partial charge in [-0.3, -0.25) is 9.69 Å². The van der Waals surface area contributed by atoms with Crippen LogP contribution in [-0.2, 0) is 29.4 Å². The zero-order valence-electron chi connectivity index (χ0n) is 26.8. The van der Waals surface area contributed by atoms with Crippen LogP contribution in [0.1, 0.15) is 68.7 Å². The smallest absolute Gasteiger partial charge is 0.417 e. The van der Waals surface area contributed by atoms with Crippen molar-refractivity contribution in [2.75, 3.05) is 34.5 Å².